The van der Waals surface area contributed by atoms with Crippen LogP contribution in [0.2, 0.25) is 0 Å². The van der Waals surface area contributed by atoms with Gasteiger partial charge in [-0.15, -0.1) is 5.10 Å². The highest BCUT2D eigenvalue weighted by molar-refractivity contribution is 5.08. The quantitative estimate of drug-likeness (QED) is 0.777. The first-order valence-corrected chi connectivity index (χ1v) is 4.87. The molecule has 78 valence electrons. The summed E-state index contributed by atoms with van der Waals surface area (Å²) in [6, 6.07) is 0. The van der Waals surface area contributed by atoms with Crippen LogP contribution in [-0.4, -0.2) is 28.8 Å². The Morgan fingerprint density at radius 2 is 2.07 bits per heavy atom. The summed E-state index contributed by atoms with van der Waals surface area (Å²) in [7, 11) is 1.92. The van der Waals surface area contributed by atoms with Crippen LogP contribution in [0.25, 0.3) is 0 Å². The van der Waals surface area contributed by atoms with Gasteiger partial charge in [-0.1, -0.05) is 20.8 Å². The molecule has 1 rings (SSSR count). The standard InChI is InChI=1S/C10H18N4/c1-10(2,3)8-7-12-14-9(13-8)5-6-11-4/h7,11H,5-6H2,1-4H3. The molecule has 0 bridgehead atoms. The van der Waals surface area contributed by atoms with Crippen LogP contribution in [-0.2, 0) is 11.8 Å². The molecular weight excluding hydrogens is 176 g/mol. The molecule has 4 nitrogen and oxygen atoms in total. The van der Waals surface area contributed by atoms with Gasteiger partial charge in [-0.05, 0) is 7.05 Å². The second kappa shape index (κ2) is 4.46. The van der Waals surface area contributed by atoms with Crippen LogP contribution in [0.4, 0.5) is 0 Å². The molecule has 1 N–H and O–H groups in total. The van der Waals surface area contributed by atoms with Gasteiger partial charge in [0.25, 0.3) is 0 Å². The summed E-state index contributed by atoms with van der Waals surface area (Å²) in [5.74, 6) is 0.812. The van der Waals surface area contributed by atoms with Gasteiger partial charge in [0.05, 0.1) is 11.9 Å². The molecule has 0 unspecified atom stereocenters. The van der Waals surface area contributed by atoms with E-state index in [1.54, 1.807) is 6.20 Å². The van der Waals surface area contributed by atoms with E-state index in [4.69, 9.17) is 0 Å². The summed E-state index contributed by atoms with van der Waals surface area (Å²) in [4.78, 5) is 4.47. The Bertz CT molecular complexity index is 290. The maximum absolute atomic E-state index is 4.47. The summed E-state index contributed by atoms with van der Waals surface area (Å²) in [6.07, 6.45) is 2.57. The summed E-state index contributed by atoms with van der Waals surface area (Å²) >= 11 is 0. The predicted octanol–water partition coefficient (Wildman–Crippen LogP) is 0.931. The zero-order valence-electron chi connectivity index (χ0n) is 9.33. The van der Waals surface area contributed by atoms with E-state index in [-0.39, 0.29) is 5.41 Å². The monoisotopic (exact) mass is 194 g/mol. The van der Waals surface area contributed by atoms with Crippen LogP contribution in [0, 0.1) is 0 Å². The lowest BCUT2D eigenvalue weighted by Crippen LogP contribution is -2.18. The average Bonchev–Trinajstić information content (AvgIpc) is 2.14. The molecule has 1 aromatic rings. The molecule has 0 amide bonds. The van der Waals surface area contributed by atoms with Gasteiger partial charge in [-0.2, -0.15) is 5.10 Å². The van der Waals surface area contributed by atoms with Crippen LogP contribution in [0.3, 0.4) is 0 Å². The van der Waals surface area contributed by atoms with E-state index in [0.29, 0.717) is 0 Å². The molecule has 0 aliphatic heterocycles. The third-order valence-corrected chi connectivity index (χ3v) is 1.97. The van der Waals surface area contributed by atoms with E-state index in [2.05, 4.69) is 41.3 Å². The smallest absolute Gasteiger partial charge is 0.152 e. The highest BCUT2D eigenvalue weighted by atomic mass is 15.1. The first-order chi connectivity index (χ1) is 6.54. The average molecular weight is 194 g/mol. The van der Waals surface area contributed by atoms with Crippen LogP contribution in [0.15, 0.2) is 6.20 Å². The number of likely N-dealkylation sites (N-methyl/N-ethyl adjacent to an activating group) is 1. The van der Waals surface area contributed by atoms with Crippen molar-refractivity contribution < 1.29 is 0 Å². The first kappa shape index (κ1) is 11.0. The predicted molar refractivity (Wildman–Crippen MR) is 56.2 cm³/mol. The fourth-order valence-electron chi connectivity index (χ4n) is 1.04. The highest BCUT2D eigenvalue weighted by Crippen LogP contribution is 2.18. The van der Waals surface area contributed by atoms with Gasteiger partial charge in [0.15, 0.2) is 5.82 Å². The maximum atomic E-state index is 4.47. The van der Waals surface area contributed by atoms with Gasteiger partial charge in [0.1, 0.15) is 0 Å². The van der Waals surface area contributed by atoms with Crippen molar-refractivity contribution in [3.63, 3.8) is 0 Å². The van der Waals surface area contributed by atoms with E-state index in [9.17, 15) is 0 Å². The van der Waals surface area contributed by atoms with E-state index in [1.165, 1.54) is 0 Å². The van der Waals surface area contributed by atoms with Crippen LogP contribution < -0.4 is 5.32 Å². The summed E-state index contributed by atoms with van der Waals surface area (Å²) < 4.78 is 0. The summed E-state index contributed by atoms with van der Waals surface area (Å²) in [5.41, 5.74) is 1.04. The first-order valence-electron chi connectivity index (χ1n) is 4.87. The zero-order valence-corrected chi connectivity index (χ0v) is 9.33. The van der Waals surface area contributed by atoms with Crippen molar-refractivity contribution in [2.24, 2.45) is 0 Å². The molecular formula is C10H18N4. The van der Waals surface area contributed by atoms with E-state index >= 15 is 0 Å². The molecule has 0 aliphatic rings. The number of nitrogens with one attached hydrogen (secondary N) is 1. The third-order valence-electron chi connectivity index (χ3n) is 1.97. The molecule has 0 saturated carbocycles. The van der Waals surface area contributed by atoms with Crippen molar-refractivity contribution in [1.29, 1.82) is 0 Å². The Morgan fingerprint density at radius 1 is 1.36 bits per heavy atom. The molecule has 0 aromatic carbocycles. The number of aromatic nitrogens is 3. The SMILES string of the molecule is CNCCc1nncc(C(C)(C)C)n1. The molecule has 1 aromatic heterocycles. The molecule has 0 saturated heterocycles. The van der Waals surface area contributed by atoms with Crippen molar-refractivity contribution in [2.75, 3.05) is 13.6 Å². The Labute approximate surface area is 85.2 Å². The minimum Gasteiger partial charge on any atom is -0.319 e. The summed E-state index contributed by atoms with van der Waals surface area (Å²) in [6.45, 7) is 7.26. The second-order valence-electron chi connectivity index (χ2n) is 4.36. The molecule has 0 fully saturated rings. The zero-order chi connectivity index (χ0) is 10.6. The van der Waals surface area contributed by atoms with Gasteiger partial charge in [0.2, 0.25) is 0 Å². The van der Waals surface area contributed by atoms with Crippen LogP contribution in [0.1, 0.15) is 32.3 Å². The number of hydrogen-bond donors (Lipinski definition) is 1. The fraction of sp³-hybridized carbons (Fsp3) is 0.700. The van der Waals surface area contributed by atoms with E-state index < -0.39 is 0 Å². The lowest BCUT2D eigenvalue weighted by Gasteiger charge is -2.16. The molecule has 4 heteroatoms. The Balaban J connectivity index is 2.79. The van der Waals surface area contributed by atoms with Crippen molar-refractivity contribution in [2.45, 2.75) is 32.6 Å². The third kappa shape index (κ3) is 3.03. The minimum atomic E-state index is 0.0460. The van der Waals surface area contributed by atoms with Crippen LogP contribution >= 0.6 is 0 Å². The second-order valence-corrected chi connectivity index (χ2v) is 4.36. The highest BCUT2D eigenvalue weighted by Gasteiger charge is 2.16. The van der Waals surface area contributed by atoms with Gasteiger partial charge in [-0.25, -0.2) is 4.98 Å². The normalized spacial score (nSPS) is 11.7. The Morgan fingerprint density at radius 3 is 2.64 bits per heavy atom. The lowest BCUT2D eigenvalue weighted by atomic mass is 9.93. The van der Waals surface area contributed by atoms with Gasteiger partial charge < -0.3 is 5.32 Å². The number of hydrogen-bond acceptors (Lipinski definition) is 4. The molecule has 14 heavy (non-hydrogen) atoms. The van der Waals surface area contributed by atoms with E-state index in [1.807, 2.05) is 7.05 Å². The molecule has 0 atom stereocenters. The molecule has 0 spiro atoms. The van der Waals surface area contributed by atoms with E-state index in [0.717, 1.165) is 24.5 Å². The topological polar surface area (TPSA) is 50.7 Å². The Hall–Kier alpha value is -1.03. The van der Waals surface area contributed by atoms with Gasteiger partial charge in [0, 0.05) is 18.4 Å². The summed E-state index contributed by atoms with van der Waals surface area (Å²) in [5, 5.41) is 11.0. The van der Waals surface area contributed by atoms with Crippen molar-refractivity contribution in [3.8, 4) is 0 Å². The van der Waals surface area contributed by atoms with Crippen molar-refractivity contribution >= 4 is 0 Å². The Kier molecular flexibility index (Phi) is 3.52. The minimum absolute atomic E-state index is 0.0460. The van der Waals surface area contributed by atoms with Gasteiger partial charge in [-0.3, -0.25) is 0 Å². The number of nitrogens with zero attached hydrogens (tertiary/aromatic N) is 3. The van der Waals surface area contributed by atoms with Crippen molar-refractivity contribution in [1.82, 2.24) is 20.5 Å². The molecule has 0 radical (unpaired) electrons. The maximum Gasteiger partial charge on any atom is 0.152 e. The lowest BCUT2D eigenvalue weighted by molar-refractivity contribution is 0.552. The molecule has 1 heterocycles. The van der Waals surface area contributed by atoms with Crippen molar-refractivity contribution in [3.05, 3.63) is 17.7 Å². The van der Waals surface area contributed by atoms with Gasteiger partial charge >= 0.3 is 0 Å². The number of rotatable bonds is 3. The largest absolute Gasteiger partial charge is 0.319 e. The molecule has 0 aliphatic carbocycles. The van der Waals surface area contributed by atoms with Crippen LogP contribution in [0.5, 0.6) is 0 Å². The fourth-order valence-corrected chi connectivity index (χ4v) is 1.04.